The van der Waals surface area contributed by atoms with Crippen LogP contribution in [-0.4, -0.2) is 23.7 Å². The first kappa shape index (κ1) is 15.8. The zero-order valence-corrected chi connectivity index (χ0v) is 12.5. The van der Waals surface area contributed by atoms with Gasteiger partial charge in [-0.2, -0.15) is 0 Å². The maximum atomic E-state index is 11.8. The van der Waals surface area contributed by atoms with Crippen LogP contribution in [0.25, 0.3) is 6.08 Å². The lowest BCUT2D eigenvalue weighted by atomic mass is 10.1. The molecule has 0 bridgehead atoms. The van der Waals surface area contributed by atoms with Gasteiger partial charge in [0.15, 0.2) is 11.5 Å². The van der Waals surface area contributed by atoms with E-state index in [1.807, 2.05) is 13.8 Å². The number of rotatable bonds is 6. The van der Waals surface area contributed by atoms with E-state index in [2.05, 4.69) is 5.32 Å². The summed E-state index contributed by atoms with van der Waals surface area (Å²) in [4.78, 5) is 22.4. The van der Waals surface area contributed by atoms with Gasteiger partial charge in [0, 0.05) is 12.1 Å². The van der Waals surface area contributed by atoms with Crippen LogP contribution in [0.3, 0.4) is 0 Å². The molecular formula is C15H18N2O5. The monoisotopic (exact) mass is 306 g/mol. The standard InChI is InChI=1S/C15H18N2O5/c1-3-4-10(2)16-15(18)6-5-11-7-13-14(22-9-21-13)8-12(11)17(19)20/h5-8,10H,3-4,9H2,1-2H3,(H,16,18)/b6-5+. The fourth-order valence-corrected chi connectivity index (χ4v) is 2.20. The number of fused-ring (bicyclic) bond motifs is 1. The molecule has 0 aliphatic carbocycles. The second-order valence-corrected chi connectivity index (χ2v) is 5.05. The van der Waals surface area contributed by atoms with Gasteiger partial charge in [0.1, 0.15) is 0 Å². The Morgan fingerprint density at radius 1 is 1.45 bits per heavy atom. The van der Waals surface area contributed by atoms with E-state index in [0.29, 0.717) is 17.1 Å². The number of carbonyl (C=O) groups excluding carboxylic acids is 1. The Morgan fingerprint density at radius 3 is 2.77 bits per heavy atom. The Balaban J connectivity index is 2.16. The number of hydrogen-bond donors (Lipinski definition) is 1. The lowest BCUT2D eigenvalue weighted by Gasteiger charge is -2.10. The van der Waals surface area contributed by atoms with Crippen LogP contribution in [0, 0.1) is 10.1 Å². The summed E-state index contributed by atoms with van der Waals surface area (Å²) in [5, 5.41) is 13.9. The predicted octanol–water partition coefficient (Wildman–Crippen LogP) is 2.64. The van der Waals surface area contributed by atoms with E-state index in [-0.39, 0.29) is 24.4 Å². The molecule has 0 saturated heterocycles. The Hall–Kier alpha value is -2.57. The Morgan fingerprint density at radius 2 is 2.14 bits per heavy atom. The minimum atomic E-state index is -0.515. The number of nitrogens with zero attached hydrogens (tertiary/aromatic N) is 1. The molecule has 0 fully saturated rings. The second-order valence-electron chi connectivity index (χ2n) is 5.05. The molecule has 1 unspecified atom stereocenters. The summed E-state index contributed by atoms with van der Waals surface area (Å²) < 4.78 is 10.3. The summed E-state index contributed by atoms with van der Waals surface area (Å²) in [7, 11) is 0. The van der Waals surface area contributed by atoms with Gasteiger partial charge in [-0.3, -0.25) is 14.9 Å². The zero-order valence-electron chi connectivity index (χ0n) is 12.5. The van der Waals surface area contributed by atoms with Crippen molar-refractivity contribution in [3.05, 3.63) is 33.9 Å². The predicted molar refractivity (Wildman–Crippen MR) is 80.8 cm³/mol. The number of nitrogens with one attached hydrogen (secondary N) is 1. The van der Waals surface area contributed by atoms with Crippen LogP contribution in [0.15, 0.2) is 18.2 Å². The summed E-state index contributed by atoms with van der Waals surface area (Å²) in [5.41, 5.74) is 0.169. The highest BCUT2D eigenvalue weighted by atomic mass is 16.7. The van der Waals surface area contributed by atoms with Gasteiger partial charge < -0.3 is 14.8 Å². The van der Waals surface area contributed by atoms with Crippen LogP contribution in [-0.2, 0) is 4.79 Å². The number of amides is 1. The van der Waals surface area contributed by atoms with Crippen LogP contribution in [0.4, 0.5) is 5.69 Å². The van der Waals surface area contributed by atoms with Gasteiger partial charge in [0.25, 0.3) is 5.69 Å². The van der Waals surface area contributed by atoms with Crippen molar-refractivity contribution in [2.75, 3.05) is 6.79 Å². The molecule has 1 aromatic carbocycles. The smallest absolute Gasteiger partial charge is 0.280 e. The van der Waals surface area contributed by atoms with Gasteiger partial charge in [0.05, 0.1) is 16.6 Å². The highest BCUT2D eigenvalue weighted by Gasteiger charge is 2.22. The van der Waals surface area contributed by atoms with E-state index in [1.54, 1.807) is 0 Å². The minimum absolute atomic E-state index is 0.0364. The topological polar surface area (TPSA) is 90.7 Å². The van der Waals surface area contributed by atoms with Crippen LogP contribution in [0.1, 0.15) is 32.3 Å². The van der Waals surface area contributed by atoms with Crippen molar-refractivity contribution >= 4 is 17.7 Å². The average Bonchev–Trinajstić information content (AvgIpc) is 2.91. The number of carbonyl (C=O) groups is 1. The summed E-state index contributed by atoms with van der Waals surface area (Å²) in [5.74, 6) is 0.489. The molecule has 2 rings (SSSR count). The molecule has 1 aliphatic heterocycles. The number of nitro groups is 1. The van der Waals surface area contributed by atoms with Crippen molar-refractivity contribution in [1.82, 2.24) is 5.32 Å². The molecule has 0 radical (unpaired) electrons. The third-order valence-electron chi connectivity index (χ3n) is 3.24. The fourth-order valence-electron chi connectivity index (χ4n) is 2.20. The number of benzene rings is 1. The van der Waals surface area contributed by atoms with Crippen molar-refractivity contribution in [2.24, 2.45) is 0 Å². The lowest BCUT2D eigenvalue weighted by molar-refractivity contribution is -0.385. The molecule has 118 valence electrons. The van der Waals surface area contributed by atoms with Crippen molar-refractivity contribution in [1.29, 1.82) is 0 Å². The van der Waals surface area contributed by atoms with E-state index >= 15 is 0 Å². The third-order valence-corrected chi connectivity index (χ3v) is 3.24. The molecule has 1 amide bonds. The molecule has 1 heterocycles. The SMILES string of the molecule is CCCC(C)NC(=O)/C=C/c1cc2c(cc1[N+](=O)[O-])OCO2. The number of nitro benzene ring substituents is 1. The average molecular weight is 306 g/mol. The Bertz CT molecular complexity index is 612. The lowest BCUT2D eigenvalue weighted by Crippen LogP contribution is -2.30. The second kappa shape index (κ2) is 6.93. The van der Waals surface area contributed by atoms with E-state index in [9.17, 15) is 14.9 Å². The van der Waals surface area contributed by atoms with Gasteiger partial charge in [-0.1, -0.05) is 13.3 Å². The van der Waals surface area contributed by atoms with Crippen LogP contribution in [0.5, 0.6) is 11.5 Å². The van der Waals surface area contributed by atoms with Gasteiger partial charge in [0.2, 0.25) is 12.7 Å². The van der Waals surface area contributed by atoms with Crippen LogP contribution >= 0.6 is 0 Å². The first-order valence-electron chi connectivity index (χ1n) is 7.08. The molecule has 1 aliphatic rings. The molecule has 7 nitrogen and oxygen atoms in total. The highest BCUT2D eigenvalue weighted by molar-refractivity contribution is 5.92. The summed E-state index contributed by atoms with van der Waals surface area (Å²) in [6, 6.07) is 2.87. The molecule has 0 spiro atoms. The van der Waals surface area contributed by atoms with E-state index in [0.717, 1.165) is 12.8 Å². The van der Waals surface area contributed by atoms with Crippen LogP contribution < -0.4 is 14.8 Å². The molecular weight excluding hydrogens is 288 g/mol. The van der Waals surface area contributed by atoms with Gasteiger partial charge in [-0.25, -0.2) is 0 Å². The van der Waals surface area contributed by atoms with Crippen molar-refractivity contribution in [3.63, 3.8) is 0 Å². The summed E-state index contributed by atoms with van der Waals surface area (Å²) >= 11 is 0. The summed E-state index contributed by atoms with van der Waals surface area (Å²) in [6.45, 7) is 3.99. The van der Waals surface area contributed by atoms with Gasteiger partial charge in [-0.05, 0) is 25.5 Å². The highest BCUT2D eigenvalue weighted by Crippen LogP contribution is 2.38. The Labute approximate surface area is 128 Å². The molecule has 0 aromatic heterocycles. The first-order chi connectivity index (χ1) is 10.5. The van der Waals surface area contributed by atoms with Gasteiger partial charge >= 0.3 is 0 Å². The number of hydrogen-bond acceptors (Lipinski definition) is 5. The maximum absolute atomic E-state index is 11.8. The molecule has 22 heavy (non-hydrogen) atoms. The van der Waals surface area contributed by atoms with Gasteiger partial charge in [-0.15, -0.1) is 0 Å². The van der Waals surface area contributed by atoms with Crippen molar-refractivity contribution in [2.45, 2.75) is 32.7 Å². The molecule has 1 aromatic rings. The fraction of sp³-hybridized carbons (Fsp3) is 0.400. The molecule has 0 saturated carbocycles. The van der Waals surface area contributed by atoms with Crippen LogP contribution in [0.2, 0.25) is 0 Å². The quantitative estimate of drug-likeness (QED) is 0.495. The molecule has 1 N–H and O–H groups in total. The summed E-state index contributed by atoms with van der Waals surface area (Å²) in [6.07, 6.45) is 4.55. The third kappa shape index (κ3) is 3.75. The van der Waals surface area contributed by atoms with Crippen molar-refractivity contribution < 1.29 is 19.2 Å². The van der Waals surface area contributed by atoms with E-state index < -0.39 is 4.92 Å². The van der Waals surface area contributed by atoms with E-state index in [4.69, 9.17) is 9.47 Å². The van der Waals surface area contributed by atoms with Crippen molar-refractivity contribution in [3.8, 4) is 11.5 Å². The largest absolute Gasteiger partial charge is 0.454 e. The zero-order chi connectivity index (χ0) is 16.1. The number of ether oxygens (including phenoxy) is 2. The Kier molecular flexibility index (Phi) is 4.98. The van der Waals surface area contributed by atoms with E-state index in [1.165, 1.54) is 24.3 Å². The molecule has 1 atom stereocenters. The molecule has 7 heteroatoms. The maximum Gasteiger partial charge on any atom is 0.280 e. The minimum Gasteiger partial charge on any atom is -0.454 e. The normalized spacial score (nSPS) is 14.1. The first-order valence-corrected chi connectivity index (χ1v) is 7.08.